The molecule has 0 spiro atoms. The second kappa shape index (κ2) is 5.43. The largest absolute Gasteiger partial charge is 0.389 e. The van der Waals surface area contributed by atoms with Gasteiger partial charge in [0.15, 0.2) is 0 Å². The molecule has 16 heavy (non-hydrogen) atoms. The molecule has 1 aromatic carbocycles. The molecule has 1 N–H and O–H groups in total. The SMILES string of the molecule is CCN(Cc1ccccc1)[C@@H]1COC[C@H]1O. The Morgan fingerprint density at radius 1 is 1.31 bits per heavy atom. The third-order valence-corrected chi connectivity index (χ3v) is 3.13. The molecule has 1 aromatic rings. The highest BCUT2D eigenvalue weighted by Crippen LogP contribution is 2.16. The Balaban J connectivity index is 2.00. The normalized spacial score (nSPS) is 25.2. The average Bonchev–Trinajstić information content (AvgIpc) is 2.74. The summed E-state index contributed by atoms with van der Waals surface area (Å²) in [5.74, 6) is 0. The first-order valence-electron chi connectivity index (χ1n) is 5.85. The average molecular weight is 221 g/mol. The van der Waals surface area contributed by atoms with Crippen LogP contribution < -0.4 is 0 Å². The lowest BCUT2D eigenvalue weighted by atomic mass is 10.1. The molecule has 0 aliphatic carbocycles. The lowest BCUT2D eigenvalue weighted by Gasteiger charge is -2.28. The molecule has 0 radical (unpaired) electrons. The number of rotatable bonds is 4. The van der Waals surface area contributed by atoms with Crippen molar-refractivity contribution in [1.82, 2.24) is 4.90 Å². The zero-order valence-corrected chi connectivity index (χ0v) is 9.67. The third kappa shape index (κ3) is 2.61. The summed E-state index contributed by atoms with van der Waals surface area (Å²) in [4.78, 5) is 2.27. The van der Waals surface area contributed by atoms with Crippen LogP contribution in [0.3, 0.4) is 0 Å². The third-order valence-electron chi connectivity index (χ3n) is 3.13. The minimum atomic E-state index is -0.344. The van der Waals surface area contributed by atoms with E-state index in [4.69, 9.17) is 4.74 Å². The fourth-order valence-corrected chi connectivity index (χ4v) is 2.16. The second-order valence-electron chi connectivity index (χ2n) is 4.22. The van der Waals surface area contributed by atoms with E-state index in [1.807, 2.05) is 18.2 Å². The summed E-state index contributed by atoms with van der Waals surface area (Å²) in [6.07, 6.45) is -0.344. The van der Waals surface area contributed by atoms with Crippen LogP contribution in [0.15, 0.2) is 30.3 Å². The van der Waals surface area contributed by atoms with Gasteiger partial charge >= 0.3 is 0 Å². The van der Waals surface area contributed by atoms with Crippen LogP contribution in [0.25, 0.3) is 0 Å². The number of aliphatic hydroxyl groups is 1. The molecule has 1 heterocycles. The van der Waals surface area contributed by atoms with Gasteiger partial charge in [-0.05, 0) is 12.1 Å². The molecule has 2 rings (SSSR count). The molecule has 0 amide bonds. The Bertz CT molecular complexity index is 315. The van der Waals surface area contributed by atoms with Gasteiger partial charge in [0.2, 0.25) is 0 Å². The fraction of sp³-hybridized carbons (Fsp3) is 0.538. The van der Waals surface area contributed by atoms with Gasteiger partial charge in [-0.3, -0.25) is 4.90 Å². The van der Waals surface area contributed by atoms with E-state index in [0.29, 0.717) is 13.2 Å². The van der Waals surface area contributed by atoms with Crippen LogP contribution in [-0.2, 0) is 11.3 Å². The van der Waals surface area contributed by atoms with Gasteiger partial charge < -0.3 is 9.84 Å². The number of hydrogen-bond donors (Lipinski definition) is 1. The summed E-state index contributed by atoms with van der Waals surface area (Å²) in [6, 6.07) is 10.5. The zero-order valence-electron chi connectivity index (χ0n) is 9.67. The smallest absolute Gasteiger partial charge is 0.0950 e. The molecular weight excluding hydrogens is 202 g/mol. The van der Waals surface area contributed by atoms with Gasteiger partial charge in [-0.15, -0.1) is 0 Å². The highest BCUT2D eigenvalue weighted by Gasteiger charge is 2.30. The van der Waals surface area contributed by atoms with Gasteiger partial charge in [0.25, 0.3) is 0 Å². The van der Waals surface area contributed by atoms with Crippen molar-refractivity contribution in [2.45, 2.75) is 25.6 Å². The molecule has 0 bridgehead atoms. The molecule has 0 saturated carbocycles. The Hall–Kier alpha value is -0.900. The van der Waals surface area contributed by atoms with Crippen LogP contribution in [0.5, 0.6) is 0 Å². The van der Waals surface area contributed by atoms with Crippen LogP contribution in [0.1, 0.15) is 12.5 Å². The Labute approximate surface area is 96.6 Å². The summed E-state index contributed by atoms with van der Waals surface area (Å²) in [5, 5.41) is 9.80. The highest BCUT2D eigenvalue weighted by atomic mass is 16.5. The first-order valence-corrected chi connectivity index (χ1v) is 5.85. The van der Waals surface area contributed by atoms with Crippen LogP contribution in [0, 0.1) is 0 Å². The Morgan fingerprint density at radius 2 is 2.06 bits per heavy atom. The van der Waals surface area contributed by atoms with E-state index < -0.39 is 0 Å². The van der Waals surface area contributed by atoms with Crippen LogP contribution in [0.4, 0.5) is 0 Å². The molecule has 3 nitrogen and oxygen atoms in total. The highest BCUT2D eigenvalue weighted by molar-refractivity contribution is 5.14. The van der Waals surface area contributed by atoms with E-state index in [0.717, 1.165) is 13.1 Å². The summed E-state index contributed by atoms with van der Waals surface area (Å²) < 4.78 is 5.30. The molecule has 3 heteroatoms. The minimum absolute atomic E-state index is 0.144. The molecule has 1 aliphatic rings. The molecule has 1 fully saturated rings. The number of ether oxygens (including phenoxy) is 1. The summed E-state index contributed by atoms with van der Waals surface area (Å²) in [6.45, 7) is 5.04. The topological polar surface area (TPSA) is 32.7 Å². The Kier molecular flexibility index (Phi) is 3.93. The molecule has 88 valence electrons. The van der Waals surface area contributed by atoms with E-state index in [2.05, 4.69) is 24.0 Å². The van der Waals surface area contributed by atoms with Gasteiger partial charge in [0.1, 0.15) is 0 Å². The van der Waals surface area contributed by atoms with Crippen molar-refractivity contribution < 1.29 is 9.84 Å². The van der Waals surface area contributed by atoms with Crippen molar-refractivity contribution in [3.63, 3.8) is 0 Å². The number of hydrogen-bond acceptors (Lipinski definition) is 3. The summed E-state index contributed by atoms with van der Waals surface area (Å²) in [5.41, 5.74) is 1.28. The lowest BCUT2D eigenvalue weighted by molar-refractivity contribution is 0.0808. The van der Waals surface area contributed by atoms with Gasteiger partial charge in [-0.2, -0.15) is 0 Å². The maximum atomic E-state index is 9.80. The number of nitrogens with zero attached hydrogens (tertiary/aromatic N) is 1. The van der Waals surface area contributed by atoms with E-state index in [-0.39, 0.29) is 12.1 Å². The summed E-state index contributed by atoms with van der Waals surface area (Å²) >= 11 is 0. The van der Waals surface area contributed by atoms with Crippen molar-refractivity contribution in [3.05, 3.63) is 35.9 Å². The number of aliphatic hydroxyl groups excluding tert-OH is 1. The summed E-state index contributed by atoms with van der Waals surface area (Å²) in [7, 11) is 0. The first-order chi connectivity index (χ1) is 7.81. The van der Waals surface area contributed by atoms with Gasteiger partial charge in [-0.1, -0.05) is 37.3 Å². The maximum absolute atomic E-state index is 9.80. The van der Waals surface area contributed by atoms with Crippen molar-refractivity contribution in [2.24, 2.45) is 0 Å². The lowest BCUT2D eigenvalue weighted by Crippen LogP contribution is -2.42. The van der Waals surface area contributed by atoms with E-state index in [9.17, 15) is 5.11 Å². The number of benzene rings is 1. The van der Waals surface area contributed by atoms with Crippen LogP contribution >= 0.6 is 0 Å². The molecule has 1 saturated heterocycles. The van der Waals surface area contributed by atoms with Crippen molar-refractivity contribution in [2.75, 3.05) is 19.8 Å². The van der Waals surface area contributed by atoms with E-state index in [1.54, 1.807) is 0 Å². The van der Waals surface area contributed by atoms with Crippen molar-refractivity contribution in [3.8, 4) is 0 Å². The fourth-order valence-electron chi connectivity index (χ4n) is 2.16. The minimum Gasteiger partial charge on any atom is -0.389 e. The molecular formula is C13H19NO2. The van der Waals surface area contributed by atoms with Crippen molar-refractivity contribution >= 4 is 0 Å². The molecule has 1 aliphatic heterocycles. The molecule has 0 aromatic heterocycles. The van der Waals surface area contributed by atoms with Gasteiger partial charge in [0, 0.05) is 6.54 Å². The van der Waals surface area contributed by atoms with Crippen LogP contribution in [0.2, 0.25) is 0 Å². The zero-order chi connectivity index (χ0) is 11.4. The quantitative estimate of drug-likeness (QED) is 0.831. The second-order valence-corrected chi connectivity index (χ2v) is 4.22. The predicted octanol–water partition coefficient (Wildman–Crippen LogP) is 1.27. The van der Waals surface area contributed by atoms with E-state index in [1.165, 1.54) is 5.56 Å². The van der Waals surface area contributed by atoms with Crippen LogP contribution in [-0.4, -0.2) is 41.9 Å². The Morgan fingerprint density at radius 3 is 2.62 bits per heavy atom. The molecule has 0 unspecified atom stereocenters. The predicted molar refractivity (Wildman–Crippen MR) is 63.1 cm³/mol. The van der Waals surface area contributed by atoms with E-state index >= 15 is 0 Å². The maximum Gasteiger partial charge on any atom is 0.0950 e. The van der Waals surface area contributed by atoms with Gasteiger partial charge in [0.05, 0.1) is 25.4 Å². The standard InChI is InChI=1S/C13H19NO2/c1-2-14(12-9-16-10-13(12)15)8-11-6-4-3-5-7-11/h3-7,12-13,15H,2,8-10H2,1H3/t12-,13-/m1/s1. The number of likely N-dealkylation sites (N-methyl/N-ethyl adjacent to an activating group) is 1. The van der Waals surface area contributed by atoms with Crippen molar-refractivity contribution in [1.29, 1.82) is 0 Å². The van der Waals surface area contributed by atoms with Gasteiger partial charge in [-0.25, -0.2) is 0 Å². The monoisotopic (exact) mass is 221 g/mol. The first kappa shape index (κ1) is 11.6. The molecule has 2 atom stereocenters.